The van der Waals surface area contributed by atoms with Crippen molar-refractivity contribution in [2.75, 3.05) is 7.11 Å². The van der Waals surface area contributed by atoms with E-state index in [9.17, 15) is 19.7 Å². The Morgan fingerprint density at radius 2 is 2.04 bits per heavy atom. The molecule has 0 saturated carbocycles. The lowest BCUT2D eigenvalue weighted by Gasteiger charge is -2.06. The molecular formula is C16H12N4O5. The standard InChI is InChI=1S/C16H12N4O5/c1-25-15-7-6-10(8-13(15)20(23)24)14(21)9-19-16(22)11-4-2-3-5-12(11)17-18-19/h2-8H,9H2,1H3. The number of methoxy groups -OCH3 is 1. The Kier molecular flexibility index (Phi) is 4.21. The molecule has 126 valence electrons. The summed E-state index contributed by atoms with van der Waals surface area (Å²) in [4.78, 5) is 35.1. The van der Waals surface area contributed by atoms with Gasteiger partial charge in [0.25, 0.3) is 5.56 Å². The van der Waals surface area contributed by atoms with E-state index in [0.717, 1.165) is 10.7 Å². The van der Waals surface area contributed by atoms with Crippen LogP contribution in [-0.4, -0.2) is 32.8 Å². The Balaban J connectivity index is 1.95. The number of fused-ring (bicyclic) bond motifs is 1. The molecule has 9 heteroatoms. The van der Waals surface area contributed by atoms with Gasteiger partial charge in [0.2, 0.25) is 0 Å². The summed E-state index contributed by atoms with van der Waals surface area (Å²) >= 11 is 0. The van der Waals surface area contributed by atoms with E-state index >= 15 is 0 Å². The summed E-state index contributed by atoms with van der Waals surface area (Å²) in [6.45, 7) is -0.375. The first-order valence-electron chi connectivity index (χ1n) is 7.19. The molecule has 0 atom stereocenters. The smallest absolute Gasteiger partial charge is 0.311 e. The maximum absolute atomic E-state index is 12.4. The summed E-state index contributed by atoms with van der Waals surface area (Å²) in [7, 11) is 1.30. The van der Waals surface area contributed by atoms with Gasteiger partial charge in [0, 0.05) is 11.6 Å². The number of benzene rings is 2. The third kappa shape index (κ3) is 3.07. The molecule has 0 amide bonds. The number of carbonyl (C=O) groups excluding carboxylic acids is 1. The van der Waals surface area contributed by atoms with Gasteiger partial charge in [-0.1, -0.05) is 17.3 Å². The third-order valence-corrected chi connectivity index (χ3v) is 3.62. The predicted octanol–water partition coefficient (Wildman–Crippen LogP) is 1.59. The average molecular weight is 340 g/mol. The number of ketones is 1. The fraction of sp³-hybridized carbons (Fsp3) is 0.125. The molecule has 0 spiro atoms. The molecule has 0 saturated heterocycles. The van der Waals surface area contributed by atoms with Crippen molar-refractivity contribution in [1.29, 1.82) is 0 Å². The van der Waals surface area contributed by atoms with Gasteiger partial charge in [-0.05, 0) is 24.3 Å². The Morgan fingerprint density at radius 1 is 1.28 bits per heavy atom. The van der Waals surface area contributed by atoms with E-state index in [1.165, 1.54) is 19.2 Å². The van der Waals surface area contributed by atoms with Gasteiger partial charge in [-0.15, -0.1) is 5.10 Å². The molecule has 2 aromatic carbocycles. The Bertz CT molecular complexity index is 1040. The molecular weight excluding hydrogens is 328 g/mol. The van der Waals surface area contributed by atoms with Gasteiger partial charge in [0.05, 0.1) is 17.4 Å². The topological polar surface area (TPSA) is 117 Å². The maximum Gasteiger partial charge on any atom is 0.311 e. The molecule has 0 fully saturated rings. The van der Waals surface area contributed by atoms with Crippen molar-refractivity contribution in [2.24, 2.45) is 0 Å². The predicted molar refractivity (Wildman–Crippen MR) is 87.8 cm³/mol. The lowest BCUT2D eigenvalue weighted by Crippen LogP contribution is -2.27. The van der Waals surface area contributed by atoms with Crippen molar-refractivity contribution in [3.05, 3.63) is 68.5 Å². The van der Waals surface area contributed by atoms with Crippen LogP contribution in [0.2, 0.25) is 0 Å². The molecule has 3 rings (SSSR count). The van der Waals surface area contributed by atoms with Crippen LogP contribution in [0.4, 0.5) is 5.69 Å². The molecule has 0 radical (unpaired) electrons. The molecule has 1 heterocycles. The maximum atomic E-state index is 12.4. The number of nitrogens with zero attached hydrogens (tertiary/aromatic N) is 4. The lowest BCUT2D eigenvalue weighted by molar-refractivity contribution is -0.385. The highest BCUT2D eigenvalue weighted by atomic mass is 16.6. The van der Waals surface area contributed by atoms with Crippen LogP contribution < -0.4 is 10.3 Å². The largest absolute Gasteiger partial charge is 0.490 e. The van der Waals surface area contributed by atoms with Gasteiger partial charge in [-0.2, -0.15) is 0 Å². The second-order valence-corrected chi connectivity index (χ2v) is 5.14. The Labute approximate surface area is 140 Å². The second kappa shape index (κ2) is 6.48. The van der Waals surface area contributed by atoms with Gasteiger partial charge in [0.15, 0.2) is 11.5 Å². The average Bonchev–Trinajstić information content (AvgIpc) is 2.63. The number of rotatable bonds is 5. The zero-order valence-electron chi connectivity index (χ0n) is 13.1. The van der Waals surface area contributed by atoms with E-state index in [4.69, 9.17) is 4.74 Å². The SMILES string of the molecule is COc1ccc(C(=O)Cn2nnc3ccccc3c2=O)cc1[N+](=O)[O-]. The molecule has 3 aromatic rings. The molecule has 0 aliphatic rings. The highest BCUT2D eigenvalue weighted by molar-refractivity contribution is 5.96. The Hall–Kier alpha value is -3.62. The number of Topliss-reactive ketones (excluding diaryl/α,β-unsaturated/α-hetero) is 1. The molecule has 0 bridgehead atoms. The summed E-state index contributed by atoms with van der Waals surface area (Å²) < 4.78 is 5.83. The van der Waals surface area contributed by atoms with Gasteiger partial charge in [-0.3, -0.25) is 19.7 Å². The van der Waals surface area contributed by atoms with Crippen LogP contribution in [0.25, 0.3) is 10.9 Å². The zero-order chi connectivity index (χ0) is 18.0. The monoisotopic (exact) mass is 340 g/mol. The van der Waals surface area contributed by atoms with Crippen molar-refractivity contribution >= 4 is 22.4 Å². The summed E-state index contributed by atoms with van der Waals surface area (Å²) in [5.74, 6) is -0.457. The highest BCUT2D eigenvalue weighted by Crippen LogP contribution is 2.27. The van der Waals surface area contributed by atoms with Gasteiger partial charge in [-0.25, -0.2) is 4.68 Å². The number of nitro groups is 1. The number of ether oxygens (including phenoxy) is 1. The molecule has 1 aromatic heterocycles. The van der Waals surface area contributed by atoms with Crippen LogP contribution in [0.1, 0.15) is 10.4 Å². The fourth-order valence-electron chi connectivity index (χ4n) is 2.36. The van der Waals surface area contributed by atoms with Crippen molar-refractivity contribution in [3.63, 3.8) is 0 Å². The molecule has 0 aliphatic carbocycles. The van der Waals surface area contributed by atoms with Crippen LogP contribution in [0, 0.1) is 10.1 Å². The summed E-state index contributed by atoms with van der Waals surface area (Å²) in [6, 6.07) is 10.5. The minimum atomic E-state index is -0.641. The molecule has 25 heavy (non-hydrogen) atoms. The van der Waals surface area contributed by atoms with E-state index in [2.05, 4.69) is 10.3 Å². The second-order valence-electron chi connectivity index (χ2n) is 5.14. The van der Waals surface area contributed by atoms with Crippen molar-refractivity contribution in [1.82, 2.24) is 15.0 Å². The summed E-state index contributed by atoms with van der Waals surface area (Å²) in [6.07, 6.45) is 0. The summed E-state index contributed by atoms with van der Waals surface area (Å²) in [5, 5.41) is 19.0. The van der Waals surface area contributed by atoms with Crippen LogP contribution in [-0.2, 0) is 6.54 Å². The minimum Gasteiger partial charge on any atom is -0.490 e. The number of nitro benzene ring substituents is 1. The third-order valence-electron chi connectivity index (χ3n) is 3.62. The van der Waals surface area contributed by atoms with E-state index < -0.39 is 16.3 Å². The van der Waals surface area contributed by atoms with E-state index in [1.807, 2.05) is 0 Å². The molecule has 0 unspecified atom stereocenters. The number of aromatic nitrogens is 3. The highest BCUT2D eigenvalue weighted by Gasteiger charge is 2.19. The first-order valence-corrected chi connectivity index (χ1v) is 7.19. The molecule has 0 N–H and O–H groups in total. The van der Waals surface area contributed by atoms with E-state index in [0.29, 0.717) is 10.9 Å². The normalized spacial score (nSPS) is 10.6. The molecule has 0 aliphatic heterocycles. The quantitative estimate of drug-likeness (QED) is 0.393. The van der Waals surface area contributed by atoms with Gasteiger partial charge >= 0.3 is 5.69 Å². The number of carbonyl (C=O) groups is 1. The van der Waals surface area contributed by atoms with Crippen LogP contribution in [0.15, 0.2) is 47.3 Å². The number of hydrogen-bond acceptors (Lipinski definition) is 7. The lowest BCUT2D eigenvalue weighted by atomic mass is 10.1. The zero-order valence-corrected chi connectivity index (χ0v) is 13.1. The van der Waals surface area contributed by atoms with Crippen LogP contribution in [0.5, 0.6) is 5.75 Å². The number of hydrogen-bond donors (Lipinski definition) is 0. The minimum absolute atomic E-state index is 0.0456. The van der Waals surface area contributed by atoms with Crippen molar-refractivity contribution in [2.45, 2.75) is 6.54 Å². The Morgan fingerprint density at radius 3 is 2.76 bits per heavy atom. The van der Waals surface area contributed by atoms with E-state index in [1.54, 1.807) is 24.3 Å². The fourth-order valence-corrected chi connectivity index (χ4v) is 2.36. The first-order chi connectivity index (χ1) is 12.0. The van der Waals surface area contributed by atoms with Crippen molar-refractivity contribution < 1.29 is 14.5 Å². The van der Waals surface area contributed by atoms with Gasteiger partial charge in [0.1, 0.15) is 12.1 Å². The van der Waals surface area contributed by atoms with E-state index in [-0.39, 0.29) is 23.5 Å². The summed E-state index contributed by atoms with van der Waals surface area (Å²) in [5.41, 5.74) is -0.280. The molecule has 9 nitrogen and oxygen atoms in total. The van der Waals surface area contributed by atoms with Gasteiger partial charge < -0.3 is 4.74 Å². The van der Waals surface area contributed by atoms with Crippen LogP contribution >= 0.6 is 0 Å². The van der Waals surface area contributed by atoms with Crippen molar-refractivity contribution in [3.8, 4) is 5.75 Å². The van der Waals surface area contributed by atoms with Crippen LogP contribution in [0.3, 0.4) is 0 Å². The first kappa shape index (κ1) is 16.2.